The molecule has 0 heterocycles. The van der Waals surface area contributed by atoms with Gasteiger partial charge in [-0.1, -0.05) is 35.3 Å². The third kappa shape index (κ3) is 5.66. The van der Waals surface area contributed by atoms with E-state index >= 15 is 0 Å². The first kappa shape index (κ1) is 21.6. The molecule has 0 aromatic heterocycles. The van der Waals surface area contributed by atoms with Crippen molar-refractivity contribution in [1.29, 1.82) is 5.26 Å². The summed E-state index contributed by atoms with van der Waals surface area (Å²) in [4.78, 5) is 12.5. The second-order valence-electron chi connectivity index (χ2n) is 6.03. The highest BCUT2D eigenvalue weighted by Gasteiger charge is 2.16. The second-order valence-corrected chi connectivity index (χ2v) is 6.85. The third-order valence-electron chi connectivity index (χ3n) is 3.48. The van der Waals surface area contributed by atoms with E-state index in [4.69, 9.17) is 32.7 Å². The van der Waals surface area contributed by atoms with Crippen molar-refractivity contribution in [2.45, 2.75) is 26.9 Å². The highest BCUT2D eigenvalue weighted by atomic mass is 35.5. The van der Waals surface area contributed by atoms with E-state index in [1.165, 1.54) is 6.08 Å². The van der Waals surface area contributed by atoms with E-state index in [2.05, 4.69) is 5.32 Å². The molecule has 2 aromatic carbocycles. The number of para-hydroxylation sites is 1. The van der Waals surface area contributed by atoms with Gasteiger partial charge in [0.05, 0.1) is 28.4 Å². The minimum Gasteiger partial charge on any atom is -0.490 e. The molecule has 2 rings (SSSR count). The van der Waals surface area contributed by atoms with Crippen molar-refractivity contribution in [1.82, 2.24) is 0 Å². The van der Waals surface area contributed by atoms with Crippen LogP contribution >= 0.6 is 23.2 Å². The Bertz CT molecular complexity index is 934. The number of hydrogen-bond acceptors (Lipinski definition) is 4. The van der Waals surface area contributed by atoms with E-state index < -0.39 is 5.91 Å². The number of carbonyl (C=O) groups is 1. The lowest BCUT2D eigenvalue weighted by Crippen LogP contribution is -2.13. The van der Waals surface area contributed by atoms with Crippen LogP contribution in [0, 0.1) is 11.3 Å². The van der Waals surface area contributed by atoms with Gasteiger partial charge in [0.15, 0.2) is 11.5 Å². The Morgan fingerprint density at radius 3 is 2.57 bits per heavy atom. The average Bonchev–Trinajstić information content (AvgIpc) is 2.64. The summed E-state index contributed by atoms with van der Waals surface area (Å²) in [5.74, 6) is 0.292. The molecule has 0 radical (unpaired) electrons. The van der Waals surface area contributed by atoms with Crippen molar-refractivity contribution in [3.05, 3.63) is 57.6 Å². The number of ether oxygens (including phenoxy) is 2. The van der Waals surface area contributed by atoms with Crippen molar-refractivity contribution in [2.24, 2.45) is 0 Å². The van der Waals surface area contributed by atoms with Gasteiger partial charge in [-0.25, -0.2) is 0 Å². The van der Waals surface area contributed by atoms with E-state index in [9.17, 15) is 10.1 Å². The maximum absolute atomic E-state index is 12.5. The van der Waals surface area contributed by atoms with E-state index in [0.717, 1.165) is 0 Å². The molecule has 0 fully saturated rings. The molecule has 28 heavy (non-hydrogen) atoms. The van der Waals surface area contributed by atoms with Crippen molar-refractivity contribution < 1.29 is 14.3 Å². The molecule has 146 valence electrons. The summed E-state index contributed by atoms with van der Waals surface area (Å²) in [6.45, 7) is 6.02. The van der Waals surface area contributed by atoms with E-state index in [-0.39, 0.29) is 11.7 Å². The molecular weight excluding hydrogens is 399 g/mol. The van der Waals surface area contributed by atoms with Crippen molar-refractivity contribution in [2.75, 3.05) is 11.9 Å². The van der Waals surface area contributed by atoms with Gasteiger partial charge in [-0.3, -0.25) is 4.79 Å². The van der Waals surface area contributed by atoms with Gasteiger partial charge in [0.25, 0.3) is 5.91 Å². The highest BCUT2D eigenvalue weighted by Crippen LogP contribution is 2.38. The Balaban J connectivity index is 2.36. The first-order chi connectivity index (χ1) is 13.3. The number of nitriles is 1. The fraction of sp³-hybridized carbons (Fsp3) is 0.238. The van der Waals surface area contributed by atoms with Gasteiger partial charge in [-0.05, 0) is 56.7 Å². The van der Waals surface area contributed by atoms with Crippen LogP contribution in [0.2, 0.25) is 10.0 Å². The minimum atomic E-state index is -0.577. The van der Waals surface area contributed by atoms with Gasteiger partial charge >= 0.3 is 0 Å². The maximum atomic E-state index is 12.5. The number of anilines is 1. The molecule has 0 unspecified atom stereocenters. The number of rotatable bonds is 7. The predicted octanol–water partition coefficient (Wildman–Crippen LogP) is 5.72. The standard InChI is InChI=1S/C21H20Cl2N2O3/c1-4-27-19-11-14(10-17(23)20(19)28-13(2)3)9-15(12-24)21(26)25-18-8-6-5-7-16(18)22/h5-11,13H,4H2,1-3H3,(H,25,26)/b15-9+. The van der Waals surface area contributed by atoms with Crippen molar-refractivity contribution >= 4 is 40.9 Å². The molecule has 0 saturated carbocycles. The summed E-state index contributed by atoms with van der Waals surface area (Å²) in [6.07, 6.45) is 1.34. The first-order valence-electron chi connectivity index (χ1n) is 8.66. The zero-order valence-corrected chi connectivity index (χ0v) is 17.3. The summed E-state index contributed by atoms with van der Waals surface area (Å²) in [5, 5.41) is 12.8. The van der Waals surface area contributed by atoms with Gasteiger partial charge in [0, 0.05) is 0 Å². The molecule has 0 saturated heterocycles. The van der Waals surface area contributed by atoms with Crippen LogP contribution in [0.3, 0.4) is 0 Å². The normalized spacial score (nSPS) is 11.1. The van der Waals surface area contributed by atoms with Crippen LogP contribution in [0.5, 0.6) is 11.5 Å². The summed E-state index contributed by atoms with van der Waals surface area (Å²) in [5.41, 5.74) is 0.857. The minimum absolute atomic E-state index is 0.0887. The number of nitrogens with one attached hydrogen (secondary N) is 1. The predicted molar refractivity (Wildman–Crippen MR) is 112 cm³/mol. The number of hydrogen-bond donors (Lipinski definition) is 1. The number of amides is 1. The molecule has 0 aliphatic heterocycles. The molecular formula is C21H20Cl2N2O3. The molecule has 1 N–H and O–H groups in total. The van der Waals surface area contributed by atoms with Crippen LogP contribution in [0.1, 0.15) is 26.3 Å². The zero-order chi connectivity index (χ0) is 20.7. The monoisotopic (exact) mass is 418 g/mol. The quantitative estimate of drug-likeness (QED) is 0.460. The number of carbonyl (C=O) groups excluding carboxylic acids is 1. The summed E-state index contributed by atoms with van der Waals surface area (Å²) in [6, 6.07) is 12.0. The van der Waals surface area contributed by atoms with E-state index in [1.807, 2.05) is 26.8 Å². The Morgan fingerprint density at radius 1 is 1.25 bits per heavy atom. The molecule has 0 atom stereocenters. The van der Waals surface area contributed by atoms with Gasteiger partial charge in [0.1, 0.15) is 11.6 Å². The van der Waals surface area contributed by atoms with Crippen LogP contribution in [0.25, 0.3) is 6.08 Å². The maximum Gasteiger partial charge on any atom is 0.266 e. The molecule has 2 aromatic rings. The van der Waals surface area contributed by atoms with Gasteiger partial charge in [-0.15, -0.1) is 0 Å². The molecule has 0 aliphatic rings. The lowest BCUT2D eigenvalue weighted by molar-refractivity contribution is -0.112. The number of benzene rings is 2. The lowest BCUT2D eigenvalue weighted by Gasteiger charge is -2.16. The van der Waals surface area contributed by atoms with E-state index in [0.29, 0.717) is 39.4 Å². The molecule has 7 heteroatoms. The highest BCUT2D eigenvalue weighted by molar-refractivity contribution is 6.34. The lowest BCUT2D eigenvalue weighted by atomic mass is 10.1. The third-order valence-corrected chi connectivity index (χ3v) is 4.09. The summed E-state index contributed by atoms with van der Waals surface area (Å²) >= 11 is 12.4. The molecule has 0 spiro atoms. The van der Waals surface area contributed by atoms with Crippen LogP contribution < -0.4 is 14.8 Å². The summed E-state index contributed by atoms with van der Waals surface area (Å²) < 4.78 is 11.3. The van der Waals surface area contributed by atoms with Gasteiger partial charge in [-0.2, -0.15) is 5.26 Å². The van der Waals surface area contributed by atoms with Crippen molar-refractivity contribution in [3.63, 3.8) is 0 Å². The summed E-state index contributed by atoms with van der Waals surface area (Å²) in [7, 11) is 0. The van der Waals surface area contributed by atoms with Crippen LogP contribution in [0.15, 0.2) is 42.0 Å². The Kier molecular flexibility index (Phi) is 7.74. The van der Waals surface area contributed by atoms with Gasteiger partial charge < -0.3 is 14.8 Å². The number of halogens is 2. The fourth-order valence-electron chi connectivity index (χ4n) is 2.35. The van der Waals surface area contributed by atoms with Crippen LogP contribution in [0.4, 0.5) is 5.69 Å². The zero-order valence-electron chi connectivity index (χ0n) is 15.8. The topological polar surface area (TPSA) is 71.3 Å². The number of nitrogens with zero attached hydrogens (tertiary/aromatic N) is 1. The Morgan fingerprint density at radius 2 is 1.96 bits per heavy atom. The second kappa shape index (κ2) is 10.0. The van der Waals surface area contributed by atoms with Crippen LogP contribution in [-0.2, 0) is 4.79 Å². The molecule has 0 aliphatic carbocycles. The average molecular weight is 419 g/mol. The molecule has 1 amide bonds. The molecule has 5 nitrogen and oxygen atoms in total. The van der Waals surface area contributed by atoms with E-state index in [1.54, 1.807) is 36.4 Å². The SMILES string of the molecule is CCOc1cc(/C=C(\C#N)C(=O)Nc2ccccc2Cl)cc(Cl)c1OC(C)C. The smallest absolute Gasteiger partial charge is 0.266 e. The Hall–Kier alpha value is -2.68. The first-order valence-corrected chi connectivity index (χ1v) is 9.42. The van der Waals surface area contributed by atoms with Crippen LogP contribution in [-0.4, -0.2) is 18.6 Å². The largest absolute Gasteiger partial charge is 0.490 e. The van der Waals surface area contributed by atoms with Crippen molar-refractivity contribution in [3.8, 4) is 17.6 Å². The Labute approximate surface area is 174 Å². The fourth-order valence-corrected chi connectivity index (χ4v) is 2.80. The van der Waals surface area contributed by atoms with Gasteiger partial charge in [0.2, 0.25) is 0 Å². The molecule has 0 bridgehead atoms.